The Hall–Kier alpha value is -0.340. The highest BCUT2D eigenvalue weighted by molar-refractivity contribution is 9.10. The van der Waals surface area contributed by atoms with E-state index in [-0.39, 0.29) is 0 Å². The molecule has 1 fully saturated rings. The molecule has 2 rings (SSSR count). The first-order chi connectivity index (χ1) is 6.36. The number of hydrogen-bond acceptors (Lipinski definition) is 1. The van der Waals surface area contributed by atoms with Crippen LogP contribution in [0.2, 0.25) is 0 Å². The molecule has 1 aliphatic rings. The molecule has 13 heavy (non-hydrogen) atoms. The monoisotopic (exact) mass is 239 g/mol. The minimum Gasteiger partial charge on any atom is -0.310 e. The maximum Gasteiger partial charge on any atom is 0.0320 e. The topological polar surface area (TPSA) is 12.0 Å². The lowest BCUT2D eigenvalue weighted by Crippen LogP contribution is -2.26. The number of piperidine rings is 1. The van der Waals surface area contributed by atoms with Crippen LogP contribution >= 0.6 is 15.9 Å². The van der Waals surface area contributed by atoms with E-state index < -0.39 is 0 Å². The minimum absolute atomic E-state index is 0.585. The van der Waals surface area contributed by atoms with Gasteiger partial charge in [0, 0.05) is 10.5 Å². The Kier molecular flexibility index (Phi) is 3.01. The lowest BCUT2D eigenvalue weighted by atomic mass is 9.98. The highest BCUT2D eigenvalue weighted by atomic mass is 79.9. The maximum atomic E-state index is 3.54. The SMILES string of the molecule is Brc1ccc([C@H]2CCCCN2)cc1. The van der Waals surface area contributed by atoms with Crippen molar-refractivity contribution >= 4 is 15.9 Å². The Morgan fingerprint density at radius 1 is 1.15 bits per heavy atom. The van der Waals surface area contributed by atoms with Crippen molar-refractivity contribution < 1.29 is 0 Å². The van der Waals surface area contributed by atoms with Crippen molar-refractivity contribution in [3.8, 4) is 0 Å². The molecular formula is C11H14BrN. The Balaban J connectivity index is 2.10. The third kappa shape index (κ3) is 2.32. The van der Waals surface area contributed by atoms with Gasteiger partial charge in [0.1, 0.15) is 0 Å². The van der Waals surface area contributed by atoms with Crippen molar-refractivity contribution in [3.05, 3.63) is 34.3 Å². The van der Waals surface area contributed by atoms with Crippen LogP contribution in [0.3, 0.4) is 0 Å². The van der Waals surface area contributed by atoms with Gasteiger partial charge in [0.15, 0.2) is 0 Å². The fourth-order valence-corrected chi connectivity index (χ4v) is 2.10. The maximum absolute atomic E-state index is 3.54. The van der Waals surface area contributed by atoms with Gasteiger partial charge in [-0.25, -0.2) is 0 Å². The van der Waals surface area contributed by atoms with Crippen LogP contribution in [-0.4, -0.2) is 6.54 Å². The summed E-state index contributed by atoms with van der Waals surface area (Å²) in [6.07, 6.45) is 3.96. The van der Waals surface area contributed by atoms with E-state index in [1.807, 2.05) is 0 Å². The van der Waals surface area contributed by atoms with Crippen molar-refractivity contribution in [1.29, 1.82) is 0 Å². The smallest absolute Gasteiger partial charge is 0.0320 e. The summed E-state index contributed by atoms with van der Waals surface area (Å²) in [5.41, 5.74) is 1.42. The van der Waals surface area contributed by atoms with Crippen LogP contribution in [0.4, 0.5) is 0 Å². The first kappa shape index (κ1) is 9.22. The molecule has 0 unspecified atom stereocenters. The summed E-state index contributed by atoms with van der Waals surface area (Å²) >= 11 is 3.45. The normalized spacial score (nSPS) is 23.0. The van der Waals surface area contributed by atoms with E-state index in [2.05, 4.69) is 45.5 Å². The molecule has 0 bridgehead atoms. The fraction of sp³-hybridized carbons (Fsp3) is 0.455. The van der Waals surface area contributed by atoms with Gasteiger partial charge in [-0.2, -0.15) is 0 Å². The Bertz CT molecular complexity index is 262. The molecule has 70 valence electrons. The van der Waals surface area contributed by atoms with Crippen molar-refractivity contribution in [1.82, 2.24) is 5.32 Å². The lowest BCUT2D eigenvalue weighted by Gasteiger charge is -2.23. The molecule has 0 amide bonds. The van der Waals surface area contributed by atoms with E-state index in [9.17, 15) is 0 Å². The van der Waals surface area contributed by atoms with Gasteiger partial charge < -0.3 is 5.32 Å². The molecule has 1 heterocycles. The van der Waals surface area contributed by atoms with E-state index in [1.165, 1.54) is 31.4 Å². The number of nitrogens with one attached hydrogen (secondary N) is 1. The molecule has 0 aliphatic carbocycles. The minimum atomic E-state index is 0.585. The molecule has 1 N–H and O–H groups in total. The molecular weight excluding hydrogens is 226 g/mol. The van der Waals surface area contributed by atoms with E-state index in [0.29, 0.717) is 6.04 Å². The lowest BCUT2D eigenvalue weighted by molar-refractivity contribution is 0.412. The summed E-state index contributed by atoms with van der Waals surface area (Å²) in [5.74, 6) is 0. The van der Waals surface area contributed by atoms with Gasteiger partial charge in [-0.05, 0) is 37.1 Å². The summed E-state index contributed by atoms with van der Waals surface area (Å²) in [5, 5.41) is 3.54. The Morgan fingerprint density at radius 3 is 2.54 bits per heavy atom. The van der Waals surface area contributed by atoms with Crippen LogP contribution in [-0.2, 0) is 0 Å². The van der Waals surface area contributed by atoms with Crippen LogP contribution < -0.4 is 5.32 Å². The van der Waals surface area contributed by atoms with Gasteiger partial charge >= 0.3 is 0 Å². The molecule has 1 saturated heterocycles. The van der Waals surface area contributed by atoms with Crippen LogP contribution in [0.5, 0.6) is 0 Å². The second kappa shape index (κ2) is 4.25. The fourth-order valence-electron chi connectivity index (χ4n) is 1.83. The van der Waals surface area contributed by atoms with Gasteiger partial charge in [-0.15, -0.1) is 0 Å². The second-order valence-corrected chi connectivity index (χ2v) is 4.47. The molecule has 1 atom stereocenters. The molecule has 1 nitrogen and oxygen atoms in total. The van der Waals surface area contributed by atoms with E-state index >= 15 is 0 Å². The quantitative estimate of drug-likeness (QED) is 0.794. The predicted octanol–water partition coefficient (Wildman–Crippen LogP) is 3.26. The van der Waals surface area contributed by atoms with Gasteiger partial charge in [0.05, 0.1) is 0 Å². The second-order valence-electron chi connectivity index (χ2n) is 3.55. The molecule has 2 heteroatoms. The molecule has 0 saturated carbocycles. The number of benzene rings is 1. The zero-order valence-electron chi connectivity index (χ0n) is 7.59. The molecule has 1 aromatic rings. The first-order valence-corrected chi connectivity index (χ1v) is 5.64. The zero-order valence-corrected chi connectivity index (χ0v) is 9.18. The van der Waals surface area contributed by atoms with E-state index in [4.69, 9.17) is 0 Å². The molecule has 0 spiro atoms. The summed E-state index contributed by atoms with van der Waals surface area (Å²) in [7, 11) is 0. The zero-order chi connectivity index (χ0) is 9.10. The summed E-state index contributed by atoms with van der Waals surface area (Å²) in [4.78, 5) is 0. The van der Waals surface area contributed by atoms with Crippen molar-refractivity contribution in [2.45, 2.75) is 25.3 Å². The molecule has 1 aliphatic heterocycles. The van der Waals surface area contributed by atoms with Crippen molar-refractivity contribution in [2.24, 2.45) is 0 Å². The number of rotatable bonds is 1. The Labute approximate surface area is 87.7 Å². The van der Waals surface area contributed by atoms with E-state index in [1.54, 1.807) is 0 Å². The molecule has 0 aromatic heterocycles. The van der Waals surface area contributed by atoms with Gasteiger partial charge in [-0.3, -0.25) is 0 Å². The third-order valence-corrected chi connectivity index (χ3v) is 3.11. The van der Waals surface area contributed by atoms with Crippen molar-refractivity contribution in [2.75, 3.05) is 6.54 Å². The Morgan fingerprint density at radius 2 is 1.92 bits per heavy atom. The number of halogens is 1. The average molecular weight is 240 g/mol. The summed E-state index contributed by atoms with van der Waals surface area (Å²) in [6.45, 7) is 1.17. The standard InChI is InChI=1S/C11H14BrN/c12-10-6-4-9(5-7-10)11-3-1-2-8-13-11/h4-7,11,13H,1-3,8H2/t11-/m1/s1. The van der Waals surface area contributed by atoms with Crippen LogP contribution in [0.25, 0.3) is 0 Å². The predicted molar refractivity (Wildman–Crippen MR) is 58.7 cm³/mol. The summed E-state index contributed by atoms with van der Waals surface area (Å²) in [6, 6.07) is 9.22. The van der Waals surface area contributed by atoms with Crippen LogP contribution in [0, 0.1) is 0 Å². The highest BCUT2D eigenvalue weighted by Gasteiger charge is 2.13. The third-order valence-electron chi connectivity index (χ3n) is 2.58. The first-order valence-electron chi connectivity index (χ1n) is 4.85. The molecule has 0 radical (unpaired) electrons. The van der Waals surface area contributed by atoms with Gasteiger partial charge in [0.25, 0.3) is 0 Å². The average Bonchev–Trinajstić information content (AvgIpc) is 2.20. The van der Waals surface area contributed by atoms with Gasteiger partial charge in [0.2, 0.25) is 0 Å². The summed E-state index contributed by atoms with van der Waals surface area (Å²) < 4.78 is 1.16. The van der Waals surface area contributed by atoms with Crippen LogP contribution in [0.15, 0.2) is 28.7 Å². The largest absolute Gasteiger partial charge is 0.310 e. The van der Waals surface area contributed by atoms with Gasteiger partial charge in [-0.1, -0.05) is 34.5 Å². The van der Waals surface area contributed by atoms with Crippen LogP contribution in [0.1, 0.15) is 30.9 Å². The van der Waals surface area contributed by atoms with Crippen molar-refractivity contribution in [3.63, 3.8) is 0 Å². The molecule has 1 aromatic carbocycles. The highest BCUT2D eigenvalue weighted by Crippen LogP contribution is 2.23. The number of hydrogen-bond donors (Lipinski definition) is 1. The van der Waals surface area contributed by atoms with E-state index in [0.717, 1.165) is 4.47 Å².